The molecule has 2 fully saturated rings. The Morgan fingerprint density at radius 2 is 1.74 bits per heavy atom. The first-order valence-corrected chi connectivity index (χ1v) is 12.1. The summed E-state index contributed by atoms with van der Waals surface area (Å²) in [5.41, 5.74) is 1.22. The molecule has 2 aliphatic rings. The smallest absolute Gasteiger partial charge is 0.191 e. The monoisotopic (exact) mass is 429 g/mol. The second-order valence-corrected chi connectivity index (χ2v) is 9.34. The van der Waals surface area contributed by atoms with Crippen LogP contribution in [0.15, 0.2) is 23.3 Å². The fourth-order valence-electron chi connectivity index (χ4n) is 4.69. The lowest BCUT2D eigenvalue weighted by Crippen LogP contribution is -2.49. The van der Waals surface area contributed by atoms with E-state index < -0.39 is 0 Å². The fourth-order valence-corrected chi connectivity index (χ4v) is 4.69. The number of nitrogens with zero attached hydrogens (tertiary/aromatic N) is 5. The van der Waals surface area contributed by atoms with Crippen LogP contribution in [0.2, 0.25) is 0 Å². The minimum atomic E-state index is 0.538. The molecule has 3 heterocycles. The minimum Gasteiger partial charge on any atom is -0.355 e. The zero-order chi connectivity index (χ0) is 22.1. The van der Waals surface area contributed by atoms with Crippen molar-refractivity contribution in [3.05, 3.63) is 23.9 Å². The van der Waals surface area contributed by atoms with Crippen molar-refractivity contribution in [2.75, 3.05) is 64.8 Å². The van der Waals surface area contributed by atoms with Crippen molar-refractivity contribution in [3.63, 3.8) is 0 Å². The van der Waals surface area contributed by atoms with Crippen LogP contribution in [0.3, 0.4) is 0 Å². The lowest BCUT2D eigenvalue weighted by atomic mass is 10.0. The highest BCUT2D eigenvalue weighted by Gasteiger charge is 2.23. The number of aliphatic imine (C=N–C) groups is 1. The Morgan fingerprint density at radius 1 is 1.03 bits per heavy atom. The van der Waals surface area contributed by atoms with E-state index in [1.807, 2.05) is 19.3 Å². The van der Waals surface area contributed by atoms with Crippen LogP contribution in [0.5, 0.6) is 0 Å². The number of likely N-dealkylation sites (tertiary alicyclic amines) is 1. The molecule has 31 heavy (non-hydrogen) atoms. The van der Waals surface area contributed by atoms with Gasteiger partial charge >= 0.3 is 0 Å². The molecule has 3 rings (SSSR count). The average molecular weight is 430 g/mol. The molecule has 2 N–H and O–H groups in total. The Bertz CT molecular complexity index is 674. The fraction of sp³-hybridized carbons (Fsp3) is 0.750. The number of guanidine groups is 1. The highest BCUT2D eigenvalue weighted by molar-refractivity contribution is 5.79. The quantitative estimate of drug-likeness (QED) is 0.513. The molecule has 1 unspecified atom stereocenters. The van der Waals surface area contributed by atoms with Crippen molar-refractivity contribution in [2.24, 2.45) is 10.9 Å². The number of nitrogens with one attached hydrogen (secondary N) is 2. The molecule has 0 aliphatic carbocycles. The number of hydrogen-bond acceptors (Lipinski definition) is 5. The van der Waals surface area contributed by atoms with Crippen molar-refractivity contribution in [1.82, 2.24) is 25.4 Å². The molecule has 0 saturated carbocycles. The SMILES string of the molecule is CN=C(NCc1cccnc1N1CCN(C)CC1)NCC(C(C)C)N1CCCCCC1. The molecule has 1 atom stereocenters. The van der Waals surface area contributed by atoms with Gasteiger partial charge in [-0.1, -0.05) is 32.8 Å². The molecule has 1 aromatic rings. The molecule has 0 spiro atoms. The van der Waals surface area contributed by atoms with Crippen LogP contribution in [0.1, 0.15) is 45.1 Å². The Morgan fingerprint density at radius 3 is 2.39 bits per heavy atom. The number of aromatic nitrogens is 1. The van der Waals surface area contributed by atoms with Gasteiger partial charge in [0.25, 0.3) is 0 Å². The van der Waals surface area contributed by atoms with Crippen LogP contribution in [0, 0.1) is 5.92 Å². The molecule has 0 amide bonds. The van der Waals surface area contributed by atoms with E-state index in [2.05, 4.69) is 57.3 Å². The summed E-state index contributed by atoms with van der Waals surface area (Å²) >= 11 is 0. The summed E-state index contributed by atoms with van der Waals surface area (Å²) in [7, 11) is 4.04. The first-order chi connectivity index (χ1) is 15.1. The van der Waals surface area contributed by atoms with Gasteiger partial charge in [-0.25, -0.2) is 4.98 Å². The summed E-state index contributed by atoms with van der Waals surface area (Å²) in [6, 6.07) is 4.74. The van der Waals surface area contributed by atoms with Crippen LogP contribution in [-0.4, -0.2) is 86.7 Å². The van der Waals surface area contributed by atoms with Gasteiger partial charge in [0.05, 0.1) is 0 Å². The van der Waals surface area contributed by atoms with Gasteiger partial charge in [0.1, 0.15) is 5.82 Å². The maximum absolute atomic E-state index is 4.70. The number of anilines is 1. The molecule has 2 saturated heterocycles. The summed E-state index contributed by atoms with van der Waals surface area (Å²) in [5, 5.41) is 7.13. The highest BCUT2D eigenvalue weighted by atomic mass is 15.3. The third-order valence-electron chi connectivity index (χ3n) is 6.70. The van der Waals surface area contributed by atoms with Crippen molar-refractivity contribution in [3.8, 4) is 0 Å². The molecule has 1 aromatic heterocycles. The summed E-state index contributed by atoms with van der Waals surface area (Å²) in [4.78, 5) is 16.6. The van der Waals surface area contributed by atoms with Crippen LogP contribution in [0.25, 0.3) is 0 Å². The third-order valence-corrected chi connectivity index (χ3v) is 6.70. The maximum Gasteiger partial charge on any atom is 0.191 e. The normalized spacial score (nSPS) is 20.5. The Kier molecular flexibility index (Phi) is 9.40. The lowest BCUT2D eigenvalue weighted by molar-refractivity contribution is 0.161. The molecule has 7 heteroatoms. The predicted octanol–water partition coefficient (Wildman–Crippen LogP) is 2.40. The van der Waals surface area contributed by atoms with E-state index >= 15 is 0 Å². The molecular formula is C24H43N7. The van der Waals surface area contributed by atoms with Gasteiger partial charge in [-0.05, 0) is 45.0 Å². The van der Waals surface area contributed by atoms with Crippen LogP contribution in [-0.2, 0) is 6.54 Å². The standard InChI is InChI=1S/C24H43N7/c1-20(2)22(30-12-7-5-6-8-13-30)19-28-24(25-3)27-18-21-10-9-11-26-23(21)31-16-14-29(4)15-17-31/h9-11,20,22H,5-8,12-19H2,1-4H3,(H2,25,27,28). The van der Waals surface area contributed by atoms with Gasteiger partial charge in [-0.15, -0.1) is 0 Å². The molecule has 174 valence electrons. The van der Waals surface area contributed by atoms with Gasteiger partial charge in [0.15, 0.2) is 5.96 Å². The zero-order valence-corrected chi connectivity index (χ0v) is 20.1. The topological polar surface area (TPSA) is 59.0 Å². The van der Waals surface area contributed by atoms with Gasteiger partial charge < -0.3 is 20.4 Å². The Labute approximate surface area is 189 Å². The molecule has 0 bridgehead atoms. The van der Waals surface area contributed by atoms with Gasteiger partial charge in [0, 0.05) is 64.1 Å². The average Bonchev–Trinajstić information content (AvgIpc) is 3.06. The van der Waals surface area contributed by atoms with Crippen LogP contribution >= 0.6 is 0 Å². The van der Waals surface area contributed by atoms with E-state index in [-0.39, 0.29) is 0 Å². The molecular weight excluding hydrogens is 386 g/mol. The van der Waals surface area contributed by atoms with Gasteiger partial charge in [-0.2, -0.15) is 0 Å². The molecule has 7 nitrogen and oxygen atoms in total. The number of hydrogen-bond donors (Lipinski definition) is 2. The van der Waals surface area contributed by atoms with Gasteiger partial charge in [-0.3, -0.25) is 9.89 Å². The summed E-state index contributed by atoms with van der Waals surface area (Å²) in [5.74, 6) is 2.59. The third kappa shape index (κ3) is 7.07. The maximum atomic E-state index is 4.70. The Balaban J connectivity index is 1.55. The molecule has 0 aromatic carbocycles. The van der Waals surface area contributed by atoms with Crippen molar-refractivity contribution >= 4 is 11.8 Å². The van der Waals surface area contributed by atoms with E-state index in [0.717, 1.165) is 51.0 Å². The van der Waals surface area contributed by atoms with Crippen LogP contribution in [0.4, 0.5) is 5.82 Å². The number of pyridine rings is 1. The second-order valence-electron chi connectivity index (χ2n) is 9.34. The number of rotatable bonds is 7. The number of piperazine rings is 1. The van der Waals surface area contributed by atoms with E-state index in [9.17, 15) is 0 Å². The van der Waals surface area contributed by atoms with Crippen molar-refractivity contribution in [2.45, 2.75) is 52.1 Å². The largest absolute Gasteiger partial charge is 0.355 e. The molecule has 2 aliphatic heterocycles. The first kappa shape index (κ1) is 23.8. The van der Waals surface area contributed by atoms with Crippen molar-refractivity contribution in [1.29, 1.82) is 0 Å². The lowest BCUT2D eigenvalue weighted by Gasteiger charge is -2.34. The number of likely N-dealkylation sites (N-methyl/N-ethyl adjacent to an activating group) is 1. The van der Waals surface area contributed by atoms with E-state index in [0.29, 0.717) is 12.0 Å². The summed E-state index contributed by atoms with van der Waals surface area (Å²) in [6.07, 6.45) is 7.30. The predicted molar refractivity (Wildman–Crippen MR) is 131 cm³/mol. The summed E-state index contributed by atoms with van der Waals surface area (Å²) in [6.45, 7) is 13.0. The minimum absolute atomic E-state index is 0.538. The van der Waals surface area contributed by atoms with E-state index in [1.54, 1.807) is 0 Å². The van der Waals surface area contributed by atoms with E-state index in [4.69, 9.17) is 4.98 Å². The van der Waals surface area contributed by atoms with Gasteiger partial charge in [0.2, 0.25) is 0 Å². The summed E-state index contributed by atoms with van der Waals surface area (Å²) < 4.78 is 0. The molecule has 0 radical (unpaired) electrons. The van der Waals surface area contributed by atoms with Crippen molar-refractivity contribution < 1.29 is 0 Å². The van der Waals surface area contributed by atoms with Crippen LogP contribution < -0.4 is 15.5 Å². The second kappa shape index (κ2) is 12.2. The Hall–Kier alpha value is -1.86. The highest BCUT2D eigenvalue weighted by Crippen LogP contribution is 2.19. The first-order valence-electron chi connectivity index (χ1n) is 12.1. The van der Waals surface area contributed by atoms with E-state index in [1.165, 1.54) is 44.3 Å². The zero-order valence-electron chi connectivity index (χ0n) is 20.1.